The minimum atomic E-state index is -0.0594. The topological polar surface area (TPSA) is 55.1 Å². The molecule has 1 aromatic carbocycles. The lowest BCUT2D eigenvalue weighted by molar-refractivity contribution is -0.116. The summed E-state index contributed by atoms with van der Waals surface area (Å²) in [6.07, 6.45) is 2.39. The molecule has 0 bridgehead atoms. The van der Waals surface area contributed by atoms with Gasteiger partial charge in [-0.15, -0.1) is 0 Å². The number of aryl methyl sites for hydroxylation is 1. The normalized spacial score (nSPS) is 10.6. The molecular formula is C16H13ClN2O2S. The maximum atomic E-state index is 11.8. The van der Waals surface area contributed by atoms with Gasteiger partial charge in [0.2, 0.25) is 5.91 Å². The van der Waals surface area contributed by atoms with Crippen LogP contribution >= 0.6 is 22.9 Å². The van der Waals surface area contributed by atoms with Gasteiger partial charge in [0, 0.05) is 23.8 Å². The highest BCUT2D eigenvalue weighted by molar-refractivity contribution is 7.08. The molecule has 3 rings (SSSR count). The molecule has 0 radical (unpaired) electrons. The molecule has 0 saturated carbocycles. The second-order valence-corrected chi connectivity index (χ2v) is 5.85. The number of anilines is 1. The molecule has 0 fully saturated rings. The summed E-state index contributed by atoms with van der Waals surface area (Å²) in [6, 6.07) is 9.28. The third-order valence-corrected chi connectivity index (χ3v) is 4.08. The number of carbonyl (C=O) groups is 1. The van der Waals surface area contributed by atoms with E-state index in [2.05, 4.69) is 10.3 Å². The SMILES string of the molecule is O=C(CCc1ncc(-c2ccccc2Cl)o1)Nc1ccsc1. The fraction of sp³-hybridized carbons (Fsp3) is 0.125. The smallest absolute Gasteiger partial charge is 0.224 e. The van der Waals surface area contributed by atoms with Crippen molar-refractivity contribution in [2.45, 2.75) is 12.8 Å². The highest BCUT2D eigenvalue weighted by Crippen LogP contribution is 2.28. The van der Waals surface area contributed by atoms with Crippen LogP contribution in [0.5, 0.6) is 0 Å². The number of benzene rings is 1. The third kappa shape index (κ3) is 3.55. The van der Waals surface area contributed by atoms with Gasteiger partial charge in [0.05, 0.1) is 16.9 Å². The van der Waals surface area contributed by atoms with Gasteiger partial charge in [0.25, 0.3) is 0 Å². The minimum absolute atomic E-state index is 0.0594. The summed E-state index contributed by atoms with van der Waals surface area (Å²) >= 11 is 7.66. The predicted molar refractivity (Wildman–Crippen MR) is 88.2 cm³/mol. The number of thiophene rings is 1. The van der Waals surface area contributed by atoms with Crippen LogP contribution in [0.4, 0.5) is 5.69 Å². The Morgan fingerprint density at radius 2 is 2.18 bits per heavy atom. The van der Waals surface area contributed by atoms with Crippen molar-refractivity contribution in [3.8, 4) is 11.3 Å². The van der Waals surface area contributed by atoms with Crippen LogP contribution in [0.25, 0.3) is 11.3 Å². The van der Waals surface area contributed by atoms with Gasteiger partial charge >= 0.3 is 0 Å². The average Bonchev–Trinajstić information content (AvgIpc) is 3.17. The summed E-state index contributed by atoms with van der Waals surface area (Å²) in [6.45, 7) is 0. The van der Waals surface area contributed by atoms with E-state index in [0.29, 0.717) is 29.5 Å². The van der Waals surface area contributed by atoms with Crippen molar-refractivity contribution in [3.63, 3.8) is 0 Å². The molecule has 2 heterocycles. The Morgan fingerprint density at radius 1 is 1.32 bits per heavy atom. The van der Waals surface area contributed by atoms with Gasteiger partial charge < -0.3 is 9.73 Å². The Labute approximate surface area is 136 Å². The zero-order valence-electron chi connectivity index (χ0n) is 11.6. The summed E-state index contributed by atoms with van der Waals surface area (Å²) in [5.41, 5.74) is 1.62. The predicted octanol–water partition coefficient (Wildman–Crippen LogP) is 4.63. The van der Waals surface area contributed by atoms with Crippen LogP contribution in [-0.2, 0) is 11.2 Å². The summed E-state index contributed by atoms with van der Waals surface area (Å²) < 4.78 is 5.66. The molecular weight excluding hydrogens is 320 g/mol. The number of nitrogens with one attached hydrogen (secondary N) is 1. The summed E-state index contributed by atoms with van der Waals surface area (Å²) in [7, 11) is 0. The van der Waals surface area contributed by atoms with E-state index in [9.17, 15) is 4.79 Å². The summed E-state index contributed by atoms with van der Waals surface area (Å²) in [5, 5.41) is 7.24. The number of oxazole rings is 1. The minimum Gasteiger partial charge on any atom is -0.441 e. The van der Waals surface area contributed by atoms with E-state index in [4.69, 9.17) is 16.0 Å². The van der Waals surface area contributed by atoms with E-state index in [1.165, 1.54) is 0 Å². The van der Waals surface area contributed by atoms with Crippen LogP contribution < -0.4 is 5.32 Å². The first-order valence-corrected chi connectivity index (χ1v) is 8.06. The third-order valence-electron chi connectivity index (χ3n) is 3.06. The monoisotopic (exact) mass is 332 g/mol. The molecule has 0 aliphatic rings. The standard InChI is InChI=1S/C16H13ClN2O2S/c17-13-4-2-1-3-12(13)14-9-18-16(21-14)6-5-15(20)19-11-7-8-22-10-11/h1-4,7-10H,5-6H2,(H,19,20). The Kier molecular flexibility index (Phi) is 4.56. The van der Waals surface area contributed by atoms with Crippen molar-refractivity contribution in [2.24, 2.45) is 0 Å². The van der Waals surface area contributed by atoms with E-state index >= 15 is 0 Å². The quantitative estimate of drug-likeness (QED) is 0.741. The highest BCUT2D eigenvalue weighted by atomic mass is 35.5. The lowest BCUT2D eigenvalue weighted by Gasteiger charge is -2.01. The molecule has 0 atom stereocenters. The molecule has 4 nitrogen and oxygen atoms in total. The number of hydrogen-bond donors (Lipinski definition) is 1. The number of hydrogen-bond acceptors (Lipinski definition) is 4. The summed E-state index contributed by atoms with van der Waals surface area (Å²) in [5.74, 6) is 1.07. The first kappa shape index (κ1) is 14.8. The molecule has 1 amide bonds. The molecule has 0 aliphatic heterocycles. The molecule has 0 unspecified atom stereocenters. The number of aromatic nitrogens is 1. The number of amides is 1. The first-order chi connectivity index (χ1) is 10.7. The van der Waals surface area contributed by atoms with E-state index in [1.54, 1.807) is 23.6 Å². The van der Waals surface area contributed by atoms with Gasteiger partial charge in [-0.1, -0.05) is 23.7 Å². The largest absolute Gasteiger partial charge is 0.441 e. The highest BCUT2D eigenvalue weighted by Gasteiger charge is 2.11. The van der Waals surface area contributed by atoms with Crippen LogP contribution in [0, 0.1) is 0 Å². The average molecular weight is 333 g/mol. The maximum Gasteiger partial charge on any atom is 0.224 e. The molecule has 6 heteroatoms. The number of nitrogens with zero attached hydrogens (tertiary/aromatic N) is 1. The first-order valence-electron chi connectivity index (χ1n) is 6.74. The van der Waals surface area contributed by atoms with Crippen LogP contribution in [0.1, 0.15) is 12.3 Å². The van der Waals surface area contributed by atoms with Gasteiger partial charge in [-0.2, -0.15) is 11.3 Å². The molecule has 0 aliphatic carbocycles. The molecule has 0 saturated heterocycles. The second kappa shape index (κ2) is 6.77. The van der Waals surface area contributed by atoms with E-state index in [1.807, 2.05) is 35.0 Å². The molecule has 22 heavy (non-hydrogen) atoms. The number of carbonyl (C=O) groups excluding carboxylic acids is 1. The lowest BCUT2D eigenvalue weighted by Crippen LogP contribution is -2.11. The van der Waals surface area contributed by atoms with Gasteiger partial charge in [0.1, 0.15) is 0 Å². The molecule has 2 aromatic heterocycles. The zero-order valence-corrected chi connectivity index (χ0v) is 13.2. The number of rotatable bonds is 5. The van der Waals surface area contributed by atoms with Gasteiger partial charge in [-0.3, -0.25) is 4.79 Å². The second-order valence-electron chi connectivity index (χ2n) is 4.66. The van der Waals surface area contributed by atoms with Crippen molar-refractivity contribution in [1.82, 2.24) is 4.98 Å². The van der Waals surface area contributed by atoms with Crippen LogP contribution in [0.15, 0.2) is 51.7 Å². The van der Waals surface area contributed by atoms with Crippen LogP contribution in [0.2, 0.25) is 5.02 Å². The van der Waals surface area contributed by atoms with Crippen molar-refractivity contribution >= 4 is 34.5 Å². The van der Waals surface area contributed by atoms with Crippen molar-refractivity contribution in [2.75, 3.05) is 5.32 Å². The van der Waals surface area contributed by atoms with Crippen LogP contribution in [0.3, 0.4) is 0 Å². The van der Waals surface area contributed by atoms with Gasteiger partial charge in [0.15, 0.2) is 11.7 Å². The van der Waals surface area contributed by atoms with Crippen molar-refractivity contribution in [3.05, 3.63) is 58.2 Å². The number of halogens is 1. The van der Waals surface area contributed by atoms with E-state index in [0.717, 1.165) is 11.3 Å². The van der Waals surface area contributed by atoms with Crippen molar-refractivity contribution in [1.29, 1.82) is 0 Å². The zero-order chi connectivity index (χ0) is 15.4. The molecule has 0 spiro atoms. The maximum absolute atomic E-state index is 11.8. The van der Waals surface area contributed by atoms with E-state index < -0.39 is 0 Å². The summed E-state index contributed by atoms with van der Waals surface area (Å²) in [4.78, 5) is 16.0. The Bertz CT molecular complexity index is 768. The van der Waals surface area contributed by atoms with Crippen LogP contribution in [-0.4, -0.2) is 10.9 Å². The fourth-order valence-electron chi connectivity index (χ4n) is 1.99. The van der Waals surface area contributed by atoms with Crippen molar-refractivity contribution < 1.29 is 9.21 Å². The molecule has 112 valence electrons. The Balaban J connectivity index is 1.60. The lowest BCUT2D eigenvalue weighted by atomic mass is 10.2. The van der Waals surface area contributed by atoms with Gasteiger partial charge in [-0.05, 0) is 23.6 Å². The Morgan fingerprint density at radius 3 is 2.95 bits per heavy atom. The Hall–Kier alpha value is -2.11. The molecule has 1 N–H and O–H groups in total. The van der Waals surface area contributed by atoms with E-state index in [-0.39, 0.29) is 5.91 Å². The molecule has 3 aromatic rings. The fourth-order valence-corrected chi connectivity index (χ4v) is 2.81. The van der Waals surface area contributed by atoms with Gasteiger partial charge in [-0.25, -0.2) is 4.98 Å².